The molecule has 0 aliphatic heterocycles. The topological polar surface area (TPSA) is 99.8 Å². The number of carbonyl (C=O) groups is 1. The molecule has 1 amide bonds. The van der Waals surface area contributed by atoms with Crippen molar-refractivity contribution in [1.29, 1.82) is 0 Å². The Bertz CT molecular complexity index is 922. The maximum atomic E-state index is 11.8. The molecule has 0 saturated carbocycles. The monoisotopic (exact) mass is 321 g/mol. The van der Waals surface area contributed by atoms with Gasteiger partial charge in [0.1, 0.15) is 0 Å². The zero-order valence-electron chi connectivity index (χ0n) is 12.9. The fraction of sp³-hybridized carbons (Fsp3) is 0.0588. The van der Waals surface area contributed by atoms with Crippen molar-refractivity contribution in [3.63, 3.8) is 0 Å². The highest BCUT2D eigenvalue weighted by Gasteiger charge is 2.05. The highest BCUT2D eigenvalue weighted by molar-refractivity contribution is 5.89. The minimum absolute atomic E-state index is 0.154. The van der Waals surface area contributed by atoms with E-state index in [4.69, 9.17) is 0 Å². The van der Waals surface area contributed by atoms with E-state index in [2.05, 4.69) is 25.6 Å². The molecule has 0 bridgehead atoms. The summed E-state index contributed by atoms with van der Waals surface area (Å²) >= 11 is 0. The fourth-order valence-electron chi connectivity index (χ4n) is 2.22. The number of carbonyl (C=O) groups excluding carboxylic acids is 1. The lowest BCUT2D eigenvalue weighted by Gasteiger charge is -2.09. The number of nitrogens with zero attached hydrogens (tertiary/aromatic N) is 2. The summed E-state index contributed by atoms with van der Waals surface area (Å²) in [5, 5.41) is 5.74. The standard InChI is InChI=1S/C17H15N5O2/c1-11(23)19-13-3-2-4-14(9-13)20-17-21-15(10-16(24)22-17)12-5-7-18-8-6-12/h2-10H,1H3,(H,19,23)(H2,20,21,22,24). The van der Waals surface area contributed by atoms with Crippen molar-refractivity contribution in [3.8, 4) is 11.3 Å². The molecule has 1 aromatic carbocycles. The molecule has 7 nitrogen and oxygen atoms in total. The Morgan fingerprint density at radius 3 is 2.58 bits per heavy atom. The van der Waals surface area contributed by atoms with Gasteiger partial charge in [-0.05, 0) is 30.3 Å². The van der Waals surface area contributed by atoms with Crippen LogP contribution in [0.5, 0.6) is 0 Å². The van der Waals surface area contributed by atoms with Gasteiger partial charge < -0.3 is 15.6 Å². The molecule has 0 aliphatic rings. The van der Waals surface area contributed by atoms with Gasteiger partial charge in [0, 0.05) is 42.3 Å². The van der Waals surface area contributed by atoms with E-state index in [1.165, 1.54) is 13.0 Å². The van der Waals surface area contributed by atoms with Crippen LogP contribution in [0.25, 0.3) is 11.3 Å². The van der Waals surface area contributed by atoms with E-state index in [-0.39, 0.29) is 11.5 Å². The lowest BCUT2D eigenvalue weighted by Crippen LogP contribution is -2.11. The number of anilines is 3. The summed E-state index contributed by atoms with van der Waals surface area (Å²) in [6, 6.07) is 12.1. The first-order valence-electron chi connectivity index (χ1n) is 7.26. The number of aromatic nitrogens is 3. The Hall–Kier alpha value is -3.48. The molecular weight excluding hydrogens is 306 g/mol. The summed E-state index contributed by atoms with van der Waals surface area (Å²) in [6.07, 6.45) is 3.30. The number of hydrogen-bond acceptors (Lipinski definition) is 5. The Kier molecular flexibility index (Phi) is 4.33. The van der Waals surface area contributed by atoms with Gasteiger partial charge in [-0.3, -0.25) is 14.6 Å². The normalized spacial score (nSPS) is 10.2. The van der Waals surface area contributed by atoms with E-state index in [0.29, 0.717) is 23.0 Å². The molecule has 0 radical (unpaired) electrons. The van der Waals surface area contributed by atoms with Gasteiger partial charge in [0.15, 0.2) is 0 Å². The van der Waals surface area contributed by atoms with Gasteiger partial charge in [-0.15, -0.1) is 0 Å². The number of aromatic amines is 1. The Balaban J connectivity index is 1.89. The minimum Gasteiger partial charge on any atom is -0.326 e. The molecule has 0 atom stereocenters. The van der Waals surface area contributed by atoms with Gasteiger partial charge in [-0.25, -0.2) is 0 Å². The van der Waals surface area contributed by atoms with Gasteiger partial charge in [0.05, 0.1) is 5.69 Å². The molecule has 3 aromatic rings. The predicted molar refractivity (Wildman–Crippen MR) is 92.1 cm³/mol. The molecule has 24 heavy (non-hydrogen) atoms. The first kappa shape index (κ1) is 15.4. The smallest absolute Gasteiger partial charge is 0.275 e. The first-order valence-corrected chi connectivity index (χ1v) is 7.26. The molecule has 3 N–H and O–H groups in total. The maximum absolute atomic E-state index is 11.8. The second kappa shape index (κ2) is 6.74. The van der Waals surface area contributed by atoms with Crippen molar-refractivity contribution in [2.75, 3.05) is 10.6 Å². The van der Waals surface area contributed by atoms with Gasteiger partial charge >= 0.3 is 0 Å². The van der Waals surface area contributed by atoms with Crippen LogP contribution in [0, 0.1) is 0 Å². The van der Waals surface area contributed by atoms with E-state index < -0.39 is 0 Å². The molecule has 0 spiro atoms. The zero-order valence-corrected chi connectivity index (χ0v) is 12.9. The van der Waals surface area contributed by atoms with Crippen LogP contribution in [0.15, 0.2) is 59.7 Å². The fourth-order valence-corrected chi connectivity index (χ4v) is 2.22. The van der Waals surface area contributed by atoms with Crippen LogP contribution in [0.2, 0.25) is 0 Å². The quantitative estimate of drug-likeness (QED) is 0.685. The SMILES string of the molecule is CC(=O)Nc1cccc(Nc2nc(=O)cc(-c3ccncc3)[nH]2)c1. The van der Waals surface area contributed by atoms with Gasteiger partial charge in [-0.2, -0.15) is 4.98 Å². The Morgan fingerprint density at radius 1 is 1.08 bits per heavy atom. The lowest BCUT2D eigenvalue weighted by atomic mass is 10.2. The summed E-state index contributed by atoms with van der Waals surface area (Å²) in [5.74, 6) is 0.160. The van der Waals surface area contributed by atoms with Crippen molar-refractivity contribution in [2.24, 2.45) is 0 Å². The molecule has 0 unspecified atom stereocenters. The maximum Gasteiger partial charge on any atom is 0.275 e. The van der Waals surface area contributed by atoms with Crippen molar-refractivity contribution < 1.29 is 4.79 Å². The average Bonchev–Trinajstić information content (AvgIpc) is 2.55. The molecule has 3 rings (SSSR count). The van der Waals surface area contributed by atoms with E-state index >= 15 is 0 Å². The van der Waals surface area contributed by atoms with E-state index in [0.717, 1.165) is 5.56 Å². The molecule has 0 aliphatic carbocycles. The third-order valence-corrected chi connectivity index (χ3v) is 3.18. The van der Waals surface area contributed by atoms with Crippen molar-refractivity contribution in [1.82, 2.24) is 15.0 Å². The van der Waals surface area contributed by atoms with Gasteiger partial charge in [-0.1, -0.05) is 6.07 Å². The zero-order chi connectivity index (χ0) is 16.9. The van der Waals surface area contributed by atoms with Crippen LogP contribution in [-0.4, -0.2) is 20.9 Å². The van der Waals surface area contributed by atoms with E-state index in [1.54, 1.807) is 42.7 Å². The van der Waals surface area contributed by atoms with Crippen LogP contribution in [-0.2, 0) is 4.79 Å². The summed E-state index contributed by atoms with van der Waals surface area (Å²) in [4.78, 5) is 33.9. The van der Waals surface area contributed by atoms with Gasteiger partial charge in [0.2, 0.25) is 11.9 Å². The first-order chi connectivity index (χ1) is 11.6. The van der Waals surface area contributed by atoms with Crippen molar-refractivity contribution >= 4 is 23.2 Å². The third-order valence-electron chi connectivity index (χ3n) is 3.18. The molecular formula is C17H15N5O2. The van der Waals surface area contributed by atoms with Crippen LogP contribution < -0.4 is 16.2 Å². The summed E-state index contributed by atoms with van der Waals surface area (Å²) in [7, 11) is 0. The lowest BCUT2D eigenvalue weighted by molar-refractivity contribution is -0.114. The molecule has 0 saturated heterocycles. The largest absolute Gasteiger partial charge is 0.326 e. The molecule has 120 valence electrons. The average molecular weight is 321 g/mol. The highest BCUT2D eigenvalue weighted by Crippen LogP contribution is 2.19. The predicted octanol–water partition coefficient (Wildman–Crippen LogP) is 2.53. The molecule has 2 heterocycles. The van der Waals surface area contributed by atoms with E-state index in [9.17, 15) is 9.59 Å². The number of pyridine rings is 1. The van der Waals surface area contributed by atoms with Crippen molar-refractivity contribution in [2.45, 2.75) is 6.92 Å². The second-order valence-electron chi connectivity index (χ2n) is 5.10. The number of amides is 1. The molecule has 0 fully saturated rings. The van der Waals surface area contributed by atoms with Crippen LogP contribution in [0.1, 0.15) is 6.92 Å². The van der Waals surface area contributed by atoms with E-state index in [1.807, 2.05) is 6.07 Å². The van der Waals surface area contributed by atoms with Gasteiger partial charge in [0.25, 0.3) is 5.56 Å². The second-order valence-corrected chi connectivity index (χ2v) is 5.10. The Labute approximate surface area is 137 Å². The summed E-state index contributed by atoms with van der Waals surface area (Å²) < 4.78 is 0. The van der Waals surface area contributed by atoms with Crippen LogP contribution in [0.3, 0.4) is 0 Å². The number of H-pyrrole nitrogens is 1. The minimum atomic E-state index is -0.360. The number of rotatable bonds is 4. The summed E-state index contributed by atoms with van der Waals surface area (Å²) in [5.41, 5.74) is 2.45. The third kappa shape index (κ3) is 3.83. The summed E-state index contributed by atoms with van der Waals surface area (Å²) in [6.45, 7) is 1.44. The number of benzene rings is 1. The van der Waals surface area contributed by atoms with Crippen LogP contribution >= 0.6 is 0 Å². The molecule has 7 heteroatoms. The van der Waals surface area contributed by atoms with Crippen molar-refractivity contribution in [3.05, 3.63) is 65.2 Å². The number of nitrogens with one attached hydrogen (secondary N) is 3. The Morgan fingerprint density at radius 2 is 1.83 bits per heavy atom. The van der Waals surface area contributed by atoms with Crippen LogP contribution in [0.4, 0.5) is 17.3 Å². The molecule has 2 aromatic heterocycles. The highest BCUT2D eigenvalue weighted by atomic mass is 16.1. The number of hydrogen-bond donors (Lipinski definition) is 3.